The van der Waals surface area contributed by atoms with E-state index < -0.39 is 10.8 Å². The van der Waals surface area contributed by atoms with Gasteiger partial charge in [-0.05, 0) is 30.2 Å². The molecule has 23 heavy (non-hydrogen) atoms. The van der Waals surface area contributed by atoms with Gasteiger partial charge in [0, 0.05) is 18.0 Å². The van der Waals surface area contributed by atoms with Crippen molar-refractivity contribution in [3.63, 3.8) is 0 Å². The average molecular weight is 316 g/mol. The molecular weight excluding hydrogens is 303 g/mol. The van der Waals surface area contributed by atoms with Crippen molar-refractivity contribution in [2.24, 2.45) is 0 Å². The van der Waals surface area contributed by atoms with Gasteiger partial charge in [-0.1, -0.05) is 12.1 Å². The molecule has 0 spiro atoms. The molecule has 1 amide bonds. The van der Waals surface area contributed by atoms with E-state index >= 15 is 0 Å². The number of carbonyl (C=O) groups excluding carboxylic acids is 1. The number of nitrogens with one attached hydrogen (secondary N) is 1. The normalized spacial score (nSPS) is 19.2. The zero-order valence-electron chi connectivity index (χ0n) is 11.9. The molecule has 1 aromatic carbocycles. The fourth-order valence-corrected chi connectivity index (χ4v) is 2.45. The highest BCUT2D eigenvalue weighted by molar-refractivity contribution is 5.93. The van der Waals surface area contributed by atoms with Gasteiger partial charge in [-0.15, -0.1) is 0 Å². The lowest BCUT2D eigenvalue weighted by Gasteiger charge is -2.05. The van der Waals surface area contributed by atoms with Crippen LogP contribution in [0.1, 0.15) is 28.4 Å². The first kappa shape index (κ1) is 14.9. The van der Waals surface area contributed by atoms with Gasteiger partial charge in [-0.3, -0.25) is 14.9 Å². The molecule has 0 bridgehead atoms. The number of rotatable bonds is 4. The zero-order chi connectivity index (χ0) is 16.6. The van der Waals surface area contributed by atoms with Crippen molar-refractivity contribution in [3.05, 3.63) is 63.6 Å². The first-order valence-corrected chi connectivity index (χ1v) is 6.93. The van der Waals surface area contributed by atoms with Crippen LogP contribution in [0.4, 0.5) is 15.9 Å². The molecule has 2 atom stereocenters. The molecule has 1 heterocycles. The van der Waals surface area contributed by atoms with Gasteiger partial charge in [0.25, 0.3) is 5.91 Å². The molecule has 0 unspecified atom stereocenters. The van der Waals surface area contributed by atoms with Gasteiger partial charge in [0.1, 0.15) is 11.5 Å². The fraction of sp³-hybridized carbons (Fsp3) is 0.200. The van der Waals surface area contributed by atoms with Crippen molar-refractivity contribution in [1.29, 1.82) is 0 Å². The van der Waals surface area contributed by atoms with Crippen LogP contribution in [0, 0.1) is 15.9 Å². The second-order valence-corrected chi connectivity index (χ2v) is 5.34. The number of hydrogen-bond donors (Lipinski definition) is 2. The number of amides is 1. The van der Waals surface area contributed by atoms with Gasteiger partial charge in [-0.25, -0.2) is 9.37 Å². The summed E-state index contributed by atoms with van der Waals surface area (Å²) in [7, 11) is 0. The molecule has 3 rings (SSSR count). The van der Waals surface area contributed by atoms with Crippen LogP contribution in [0.15, 0.2) is 36.4 Å². The number of nitrogens with two attached hydrogens (primary N) is 1. The van der Waals surface area contributed by atoms with Crippen molar-refractivity contribution in [1.82, 2.24) is 10.3 Å². The molecule has 3 N–H and O–H groups in total. The van der Waals surface area contributed by atoms with Crippen LogP contribution < -0.4 is 11.1 Å². The summed E-state index contributed by atoms with van der Waals surface area (Å²) in [6, 6.07) is 8.53. The summed E-state index contributed by atoms with van der Waals surface area (Å²) < 4.78 is 13.2. The maximum absolute atomic E-state index is 13.2. The van der Waals surface area contributed by atoms with Crippen LogP contribution >= 0.6 is 0 Å². The number of hydrogen-bond acceptors (Lipinski definition) is 5. The predicted octanol–water partition coefficient (Wildman–Crippen LogP) is 2.00. The largest absolute Gasteiger partial charge is 0.378 e. The lowest BCUT2D eigenvalue weighted by atomic mass is 10.1. The van der Waals surface area contributed by atoms with E-state index in [2.05, 4.69) is 10.3 Å². The molecule has 2 aromatic rings. The topological polar surface area (TPSA) is 111 Å². The van der Waals surface area contributed by atoms with Crippen molar-refractivity contribution in [2.75, 3.05) is 5.73 Å². The van der Waals surface area contributed by atoms with E-state index in [0.29, 0.717) is 6.42 Å². The third-order valence-corrected chi connectivity index (χ3v) is 3.72. The Labute approximate surface area is 130 Å². The van der Waals surface area contributed by atoms with Crippen molar-refractivity contribution >= 4 is 17.4 Å². The van der Waals surface area contributed by atoms with Crippen molar-refractivity contribution in [2.45, 2.75) is 18.4 Å². The number of nitrogens with zero attached hydrogens (tertiary/aromatic N) is 2. The quantitative estimate of drug-likeness (QED) is 0.662. The summed E-state index contributed by atoms with van der Waals surface area (Å²) in [5.74, 6) is -1.02. The Morgan fingerprint density at radius 3 is 2.83 bits per heavy atom. The lowest BCUT2D eigenvalue weighted by Crippen LogP contribution is -2.27. The van der Waals surface area contributed by atoms with Crippen LogP contribution in [0.25, 0.3) is 0 Å². The Bertz CT molecular complexity index is 796. The smallest absolute Gasteiger partial charge is 0.311 e. The summed E-state index contributed by atoms with van der Waals surface area (Å²) in [4.78, 5) is 25.9. The first-order chi connectivity index (χ1) is 11.0. The van der Waals surface area contributed by atoms with E-state index in [1.165, 1.54) is 18.2 Å². The van der Waals surface area contributed by atoms with Crippen LogP contribution in [0.2, 0.25) is 0 Å². The minimum Gasteiger partial charge on any atom is -0.378 e. The van der Waals surface area contributed by atoms with Gasteiger partial charge < -0.3 is 11.1 Å². The fourth-order valence-electron chi connectivity index (χ4n) is 2.45. The number of halogens is 1. The van der Waals surface area contributed by atoms with E-state index in [4.69, 9.17) is 5.73 Å². The molecule has 118 valence electrons. The van der Waals surface area contributed by atoms with Gasteiger partial charge >= 0.3 is 5.69 Å². The number of benzene rings is 1. The number of aromatic nitrogens is 1. The highest BCUT2D eigenvalue weighted by Gasteiger charge is 2.40. The van der Waals surface area contributed by atoms with E-state index in [1.807, 2.05) is 6.07 Å². The molecule has 0 saturated heterocycles. The molecule has 1 aliphatic rings. The van der Waals surface area contributed by atoms with E-state index in [-0.39, 0.29) is 35.0 Å². The Hall–Kier alpha value is -3.03. The lowest BCUT2D eigenvalue weighted by molar-refractivity contribution is -0.384. The maximum atomic E-state index is 13.2. The molecule has 1 aromatic heterocycles. The number of pyridine rings is 1. The maximum Gasteiger partial charge on any atom is 0.311 e. The van der Waals surface area contributed by atoms with Crippen LogP contribution in [0.3, 0.4) is 0 Å². The average Bonchev–Trinajstić information content (AvgIpc) is 3.26. The summed E-state index contributed by atoms with van der Waals surface area (Å²) >= 11 is 0. The highest BCUT2D eigenvalue weighted by Crippen LogP contribution is 2.41. The molecule has 8 heteroatoms. The van der Waals surface area contributed by atoms with E-state index in [0.717, 1.165) is 11.6 Å². The number of carbonyl (C=O) groups is 1. The molecule has 0 radical (unpaired) electrons. The third-order valence-electron chi connectivity index (χ3n) is 3.72. The van der Waals surface area contributed by atoms with Crippen LogP contribution in [-0.2, 0) is 0 Å². The Balaban J connectivity index is 1.67. The molecule has 1 aliphatic carbocycles. The molecule has 1 fully saturated rings. The SMILES string of the molecule is Nc1nc(C(=O)N[C@@H]2C[C@H]2c2cccc(F)c2)ccc1[N+](=O)[O-]. The number of nitrogen functional groups attached to an aromatic ring is 1. The van der Waals surface area contributed by atoms with Crippen molar-refractivity contribution < 1.29 is 14.1 Å². The van der Waals surface area contributed by atoms with Crippen molar-refractivity contribution in [3.8, 4) is 0 Å². The molecule has 1 saturated carbocycles. The Kier molecular flexibility index (Phi) is 3.65. The summed E-state index contributed by atoms with van der Waals surface area (Å²) in [5.41, 5.74) is 5.96. The third kappa shape index (κ3) is 3.10. The minimum absolute atomic E-state index is 0.0120. The Morgan fingerprint density at radius 1 is 1.39 bits per heavy atom. The van der Waals surface area contributed by atoms with E-state index in [9.17, 15) is 19.3 Å². The number of anilines is 1. The van der Waals surface area contributed by atoms with Gasteiger partial charge in [0.05, 0.1) is 4.92 Å². The van der Waals surface area contributed by atoms with Crippen LogP contribution in [0.5, 0.6) is 0 Å². The molecule has 7 nitrogen and oxygen atoms in total. The standard InChI is InChI=1S/C15H13FN4O3/c16-9-3-1-2-8(6-9)10-7-12(10)19-15(21)11-4-5-13(20(22)23)14(17)18-11/h1-6,10,12H,7H2,(H2,17,18)(H,19,21)/t10-,12+/m0/s1. The molecular formula is C15H13FN4O3. The summed E-state index contributed by atoms with van der Waals surface area (Å²) in [6.45, 7) is 0. The predicted molar refractivity (Wildman–Crippen MR) is 80.3 cm³/mol. The minimum atomic E-state index is -0.662. The first-order valence-electron chi connectivity index (χ1n) is 6.93. The van der Waals surface area contributed by atoms with E-state index in [1.54, 1.807) is 6.07 Å². The Morgan fingerprint density at radius 2 is 2.17 bits per heavy atom. The number of nitro groups is 1. The van der Waals surface area contributed by atoms with Gasteiger partial charge in [0.15, 0.2) is 0 Å². The highest BCUT2D eigenvalue weighted by atomic mass is 19.1. The van der Waals surface area contributed by atoms with Crippen LogP contribution in [-0.4, -0.2) is 21.9 Å². The second-order valence-electron chi connectivity index (χ2n) is 5.34. The molecule has 0 aliphatic heterocycles. The second kappa shape index (κ2) is 5.64. The zero-order valence-corrected chi connectivity index (χ0v) is 11.9. The van der Waals surface area contributed by atoms with Gasteiger partial charge in [0.2, 0.25) is 5.82 Å². The summed E-state index contributed by atoms with van der Waals surface area (Å²) in [5, 5.41) is 13.4. The summed E-state index contributed by atoms with van der Waals surface area (Å²) in [6.07, 6.45) is 0.706. The monoisotopic (exact) mass is 316 g/mol. The van der Waals surface area contributed by atoms with Gasteiger partial charge in [-0.2, -0.15) is 0 Å².